The van der Waals surface area contributed by atoms with Gasteiger partial charge in [0.05, 0.1) is 7.11 Å². The van der Waals surface area contributed by atoms with Crippen LogP contribution < -0.4 is 15.4 Å². The number of rotatable bonds is 7. The van der Waals surface area contributed by atoms with Gasteiger partial charge in [0, 0.05) is 24.1 Å². The summed E-state index contributed by atoms with van der Waals surface area (Å²) in [4.78, 5) is 16.6. The van der Waals surface area contributed by atoms with E-state index in [0.29, 0.717) is 12.2 Å². The molecule has 2 aromatic carbocycles. The molecule has 0 aliphatic carbocycles. The predicted molar refractivity (Wildman–Crippen MR) is 112 cm³/mol. The molecule has 2 N–H and O–H groups in total. The van der Waals surface area contributed by atoms with Crippen molar-refractivity contribution in [2.75, 3.05) is 19.0 Å². The van der Waals surface area contributed by atoms with E-state index in [4.69, 9.17) is 4.74 Å². The van der Waals surface area contributed by atoms with Crippen molar-refractivity contribution in [3.63, 3.8) is 0 Å². The van der Waals surface area contributed by atoms with Crippen LogP contribution in [-0.2, 0) is 6.42 Å². The number of hydrogen-bond donors (Lipinski definition) is 2. The molecule has 0 aliphatic rings. The summed E-state index contributed by atoms with van der Waals surface area (Å²) in [5.74, 6) is 0.641. The third kappa shape index (κ3) is 5.33. The first-order valence-electron chi connectivity index (χ1n) is 9.26. The van der Waals surface area contributed by atoms with E-state index in [1.807, 2.05) is 30.3 Å². The third-order valence-corrected chi connectivity index (χ3v) is 4.36. The van der Waals surface area contributed by atoms with Gasteiger partial charge < -0.3 is 15.4 Å². The van der Waals surface area contributed by atoms with Crippen LogP contribution in [0.3, 0.4) is 0 Å². The first-order chi connectivity index (χ1) is 13.5. The summed E-state index contributed by atoms with van der Waals surface area (Å²) in [5, 5.41) is 6.27. The van der Waals surface area contributed by atoms with E-state index >= 15 is 0 Å². The second kappa shape index (κ2) is 9.04. The summed E-state index contributed by atoms with van der Waals surface area (Å²) >= 11 is 0. The van der Waals surface area contributed by atoms with E-state index in [-0.39, 0.29) is 5.91 Å². The van der Waals surface area contributed by atoms with E-state index in [0.717, 1.165) is 29.1 Å². The quantitative estimate of drug-likeness (QED) is 0.641. The lowest BCUT2D eigenvalue weighted by Gasteiger charge is -2.10. The van der Waals surface area contributed by atoms with Crippen molar-refractivity contribution in [1.82, 2.24) is 10.3 Å². The lowest BCUT2D eigenvalue weighted by Crippen LogP contribution is -2.26. The number of nitrogens with zero attached hydrogens (tertiary/aromatic N) is 1. The van der Waals surface area contributed by atoms with Gasteiger partial charge in [-0.1, -0.05) is 18.2 Å². The number of amides is 1. The minimum Gasteiger partial charge on any atom is -0.497 e. The lowest BCUT2D eigenvalue weighted by molar-refractivity contribution is 0.0949. The predicted octanol–water partition coefficient (Wildman–Crippen LogP) is 4.42. The molecule has 0 bridgehead atoms. The number of carbonyl (C=O) groups excluding carboxylic acids is 1. The van der Waals surface area contributed by atoms with Crippen molar-refractivity contribution in [2.45, 2.75) is 20.3 Å². The van der Waals surface area contributed by atoms with Gasteiger partial charge in [-0.2, -0.15) is 0 Å². The van der Waals surface area contributed by atoms with E-state index in [1.54, 1.807) is 19.4 Å². The van der Waals surface area contributed by atoms with Gasteiger partial charge in [-0.3, -0.25) is 9.78 Å². The second-order valence-corrected chi connectivity index (χ2v) is 6.79. The van der Waals surface area contributed by atoms with Crippen LogP contribution in [0.4, 0.5) is 11.4 Å². The number of carbonyl (C=O) groups is 1. The van der Waals surface area contributed by atoms with Crippen molar-refractivity contribution in [3.05, 3.63) is 83.2 Å². The van der Waals surface area contributed by atoms with Crippen molar-refractivity contribution in [2.24, 2.45) is 0 Å². The summed E-state index contributed by atoms with van der Waals surface area (Å²) in [6.45, 7) is 4.67. The fourth-order valence-electron chi connectivity index (χ4n) is 3.05. The van der Waals surface area contributed by atoms with E-state index < -0.39 is 0 Å². The van der Waals surface area contributed by atoms with Crippen LogP contribution in [-0.4, -0.2) is 24.5 Å². The Hall–Kier alpha value is -3.34. The van der Waals surface area contributed by atoms with Crippen LogP contribution in [0.5, 0.6) is 5.75 Å². The highest BCUT2D eigenvalue weighted by molar-refractivity contribution is 5.93. The maximum Gasteiger partial charge on any atom is 0.269 e. The van der Waals surface area contributed by atoms with Crippen LogP contribution in [0.25, 0.3) is 0 Å². The molecule has 0 aliphatic heterocycles. The van der Waals surface area contributed by atoms with Crippen molar-refractivity contribution in [1.29, 1.82) is 0 Å². The smallest absolute Gasteiger partial charge is 0.269 e. The molecule has 1 aromatic heterocycles. The van der Waals surface area contributed by atoms with Crippen molar-refractivity contribution >= 4 is 17.3 Å². The Balaban J connectivity index is 1.58. The number of ether oxygens (including phenoxy) is 1. The van der Waals surface area contributed by atoms with Gasteiger partial charge in [0.25, 0.3) is 5.91 Å². The highest BCUT2D eigenvalue weighted by Crippen LogP contribution is 2.20. The molecule has 0 fully saturated rings. The molecule has 28 heavy (non-hydrogen) atoms. The minimum atomic E-state index is -0.183. The Morgan fingerprint density at radius 2 is 1.68 bits per heavy atom. The average Bonchev–Trinajstić information content (AvgIpc) is 2.68. The Kier molecular flexibility index (Phi) is 6.27. The monoisotopic (exact) mass is 375 g/mol. The maximum atomic E-state index is 12.4. The summed E-state index contributed by atoms with van der Waals surface area (Å²) in [6, 6.07) is 17.7. The molecule has 1 heterocycles. The Bertz CT molecular complexity index is 932. The van der Waals surface area contributed by atoms with Crippen LogP contribution in [0, 0.1) is 13.8 Å². The van der Waals surface area contributed by atoms with Gasteiger partial charge >= 0.3 is 0 Å². The number of benzene rings is 2. The van der Waals surface area contributed by atoms with Gasteiger partial charge in [-0.25, -0.2) is 0 Å². The molecule has 0 unspecified atom stereocenters. The number of pyridine rings is 1. The first-order valence-corrected chi connectivity index (χ1v) is 9.26. The SMILES string of the molecule is COc1ccc(CCNC(=O)c2cc(Nc3cc(C)cc(C)c3)ccn2)cc1. The number of aryl methyl sites for hydroxylation is 2. The van der Waals surface area contributed by atoms with E-state index in [2.05, 4.69) is 47.7 Å². The largest absolute Gasteiger partial charge is 0.497 e. The zero-order valence-electron chi connectivity index (χ0n) is 16.5. The summed E-state index contributed by atoms with van der Waals surface area (Å²) in [7, 11) is 1.64. The molecule has 0 atom stereocenters. The molecule has 0 saturated carbocycles. The normalized spacial score (nSPS) is 10.4. The number of anilines is 2. The van der Waals surface area contributed by atoms with Crippen molar-refractivity contribution < 1.29 is 9.53 Å². The zero-order valence-corrected chi connectivity index (χ0v) is 16.5. The van der Waals surface area contributed by atoms with Gasteiger partial charge in [-0.05, 0) is 73.4 Å². The van der Waals surface area contributed by atoms with Gasteiger partial charge in [-0.15, -0.1) is 0 Å². The maximum absolute atomic E-state index is 12.4. The van der Waals surface area contributed by atoms with E-state index in [1.165, 1.54) is 11.1 Å². The first kappa shape index (κ1) is 19.4. The number of nitrogens with one attached hydrogen (secondary N) is 2. The molecule has 5 heteroatoms. The van der Waals surface area contributed by atoms with Gasteiger partial charge in [0.15, 0.2) is 0 Å². The fraction of sp³-hybridized carbons (Fsp3) is 0.217. The second-order valence-electron chi connectivity index (χ2n) is 6.79. The average molecular weight is 375 g/mol. The Morgan fingerprint density at radius 3 is 2.36 bits per heavy atom. The summed E-state index contributed by atoms with van der Waals surface area (Å²) in [5.41, 5.74) is 5.74. The summed E-state index contributed by atoms with van der Waals surface area (Å²) < 4.78 is 5.15. The standard InChI is InChI=1S/C23H25N3O2/c1-16-12-17(2)14-20(13-16)26-19-9-11-24-22(15-19)23(27)25-10-8-18-4-6-21(28-3)7-5-18/h4-7,9,11-15H,8,10H2,1-3H3,(H,24,26)(H,25,27). The van der Waals surface area contributed by atoms with Crippen LogP contribution in [0.2, 0.25) is 0 Å². The zero-order chi connectivity index (χ0) is 19.9. The third-order valence-electron chi connectivity index (χ3n) is 4.36. The van der Waals surface area contributed by atoms with Crippen LogP contribution in [0.15, 0.2) is 60.8 Å². The molecule has 0 spiro atoms. The number of hydrogen-bond acceptors (Lipinski definition) is 4. The molecule has 144 valence electrons. The van der Waals surface area contributed by atoms with E-state index in [9.17, 15) is 4.79 Å². The molecule has 5 nitrogen and oxygen atoms in total. The molecule has 0 radical (unpaired) electrons. The number of aromatic nitrogens is 1. The molecule has 0 saturated heterocycles. The highest BCUT2D eigenvalue weighted by Gasteiger charge is 2.08. The molecule has 1 amide bonds. The highest BCUT2D eigenvalue weighted by atomic mass is 16.5. The Morgan fingerprint density at radius 1 is 0.964 bits per heavy atom. The molecule has 3 rings (SSSR count). The molecular weight excluding hydrogens is 350 g/mol. The fourth-order valence-corrected chi connectivity index (χ4v) is 3.05. The van der Waals surface area contributed by atoms with Gasteiger partial charge in [0.2, 0.25) is 0 Å². The topological polar surface area (TPSA) is 63.2 Å². The number of methoxy groups -OCH3 is 1. The lowest BCUT2D eigenvalue weighted by atomic mass is 10.1. The van der Waals surface area contributed by atoms with Crippen LogP contribution in [0.1, 0.15) is 27.2 Å². The minimum absolute atomic E-state index is 0.183. The van der Waals surface area contributed by atoms with Crippen LogP contribution >= 0.6 is 0 Å². The summed E-state index contributed by atoms with van der Waals surface area (Å²) in [6.07, 6.45) is 2.39. The molecule has 3 aromatic rings. The molecular formula is C23H25N3O2. The van der Waals surface area contributed by atoms with Gasteiger partial charge in [0.1, 0.15) is 11.4 Å². The van der Waals surface area contributed by atoms with Crippen molar-refractivity contribution in [3.8, 4) is 5.75 Å². The Labute approximate surface area is 165 Å².